The third-order valence-corrected chi connectivity index (χ3v) is 5.80. The molecule has 0 aliphatic heterocycles. The Labute approximate surface area is 161 Å². The molecule has 1 amide bonds. The van der Waals surface area contributed by atoms with Crippen molar-refractivity contribution in [2.24, 2.45) is 0 Å². The lowest BCUT2D eigenvalue weighted by atomic mass is 10.1. The van der Waals surface area contributed by atoms with Gasteiger partial charge in [0.1, 0.15) is 0 Å². The summed E-state index contributed by atoms with van der Waals surface area (Å²) in [5.74, 6) is -1.82. The zero-order chi connectivity index (χ0) is 20.3. The summed E-state index contributed by atoms with van der Waals surface area (Å²) in [5.41, 5.74) is 6.26. The Hall–Kier alpha value is -3.65. The summed E-state index contributed by atoms with van der Waals surface area (Å²) in [6, 6.07) is 17.3. The van der Waals surface area contributed by atoms with E-state index in [1.165, 1.54) is 66.7 Å². The predicted molar refractivity (Wildman–Crippen MR) is 104 cm³/mol. The molecule has 142 valence electrons. The molecule has 0 unspecified atom stereocenters. The molecule has 0 saturated carbocycles. The van der Waals surface area contributed by atoms with Crippen molar-refractivity contribution >= 4 is 33.1 Å². The first-order valence-electron chi connectivity index (χ1n) is 8.13. The summed E-state index contributed by atoms with van der Waals surface area (Å²) in [5, 5.41) is 11.7. The van der Waals surface area contributed by atoms with E-state index in [-0.39, 0.29) is 20.9 Å². The zero-order valence-electron chi connectivity index (χ0n) is 14.5. The van der Waals surface area contributed by atoms with Crippen LogP contribution >= 0.6 is 0 Å². The van der Waals surface area contributed by atoms with Gasteiger partial charge in [-0.05, 0) is 60.7 Å². The number of carbonyl (C=O) groups excluding carboxylic acids is 1. The minimum absolute atomic E-state index is 0.00794. The van der Waals surface area contributed by atoms with Gasteiger partial charge in [0.2, 0.25) is 9.84 Å². The van der Waals surface area contributed by atoms with Gasteiger partial charge in [-0.1, -0.05) is 12.1 Å². The molecule has 0 fully saturated rings. The SMILES string of the molecule is Nc1ccc(S(=O)(=O)c2ccc(NC(=O)c3ccccc3C(=O)O)cc2)cc1. The van der Waals surface area contributed by atoms with E-state index in [1.54, 1.807) is 6.07 Å². The quantitative estimate of drug-likeness (QED) is 0.569. The number of nitrogen functional groups attached to an aromatic ring is 1. The van der Waals surface area contributed by atoms with Crippen LogP contribution in [0.15, 0.2) is 82.6 Å². The Bertz CT molecular complexity index is 1140. The van der Waals surface area contributed by atoms with Crippen LogP contribution in [-0.2, 0) is 9.84 Å². The van der Waals surface area contributed by atoms with Crippen LogP contribution in [0.1, 0.15) is 20.7 Å². The zero-order valence-corrected chi connectivity index (χ0v) is 15.3. The van der Waals surface area contributed by atoms with Gasteiger partial charge < -0.3 is 16.2 Å². The fourth-order valence-electron chi connectivity index (χ4n) is 2.57. The third-order valence-electron chi connectivity index (χ3n) is 4.01. The fraction of sp³-hybridized carbons (Fsp3) is 0. The number of aromatic carboxylic acids is 1. The monoisotopic (exact) mass is 396 g/mol. The number of carbonyl (C=O) groups is 2. The number of rotatable bonds is 5. The normalized spacial score (nSPS) is 11.0. The highest BCUT2D eigenvalue weighted by molar-refractivity contribution is 7.91. The minimum atomic E-state index is -3.72. The molecule has 0 spiro atoms. The molecule has 8 heteroatoms. The number of nitrogens with one attached hydrogen (secondary N) is 1. The van der Waals surface area contributed by atoms with Gasteiger partial charge in [0.25, 0.3) is 5.91 Å². The van der Waals surface area contributed by atoms with Gasteiger partial charge in [0.15, 0.2) is 0 Å². The molecule has 0 aliphatic rings. The van der Waals surface area contributed by atoms with Gasteiger partial charge >= 0.3 is 5.97 Å². The summed E-state index contributed by atoms with van der Waals surface area (Å²) in [6.45, 7) is 0. The highest BCUT2D eigenvalue weighted by Crippen LogP contribution is 2.23. The second-order valence-corrected chi connectivity index (χ2v) is 7.85. The molecule has 0 radical (unpaired) electrons. The Balaban J connectivity index is 1.83. The van der Waals surface area contributed by atoms with Gasteiger partial charge in [0.05, 0.1) is 20.9 Å². The van der Waals surface area contributed by atoms with Crippen molar-refractivity contribution < 1.29 is 23.1 Å². The van der Waals surface area contributed by atoms with Crippen LogP contribution in [0.5, 0.6) is 0 Å². The topological polar surface area (TPSA) is 127 Å². The molecule has 0 heterocycles. The summed E-state index contributed by atoms with van der Waals surface area (Å²) in [7, 11) is -3.72. The molecule has 7 nitrogen and oxygen atoms in total. The van der Waals surface area contributed by atoms with E-state index in [4.69, 9.17) is 5.73 Å². The molecular formula is C20H16N2O5S. The molecule has 4 N–H and O–H groups in total. The second-order valence-electron chi connectivity index (χ2n) is 5.90. The first kappa shape index (κ1) is 19.1. The molecule has 0 bridgehead atoms. The van der Waals surface area contributed by atoms with Crippen molar-refractivity contribution in [1.82, 2.24) is 0 Å². The lowest BCUT2D eigenvalue weighted by Gasteiger charge is -2.09. The molecule has 3 aromatic carbocycles. The number of carboxylic acids is 1. The Morgan fingerprint density at radius 2 is 1.29 bits per heavy atom. The van der Waals surface area contributed by atoms with E-state index < -0.39 is 21.7 Å². The number of nitrogens with two attached hydrogens (primary N) is 1. The summed E-state index contributed by atoms with van der Waals surface area (Å²) in [4.78, 5) is 23.8. The smallest absolute Gasteiger partial charge is 0.336 e. The molecule has 3 aromatic rings. The van der Waals surface area contributed by atoms with Crippen LogP contribution in [0, 0.1) is 0 Å². The van der Waals surface area contributed by atoms with Gasteiger partial charge in [-0.25, -0.2) is 13.2 Å². The molecule has 28 heavy (non-hydrogen) atoms. The van der Waals surface area contributed by atoms with Crippen LogP contribution in [0.2, 0.25) is 0 Å². The van der Waals surface area contributed by atoms with Gasteiger partial charge in [-0.15, -0.1) is 0 Å². The maximum atomic E-state index is 12.6. The molecule has 0 atom stereocenters. The van der Waals surface area contributed by atoms with Crippen LogP contribution in [0.3, 0.4) is 0 Å². The second kappa shape index (κ2) is 7.53. The summed E-state index contributed by atoms with van der Waals surface area (Å²) >= 11 is 0. The van der Waals surface area contributed by atoms with E-state index in [0.717, 1.165) is 0 Å². The number of hydrogen-bond donors (Lipinski definition) is 3. The van der Waals surface area contributed by atoms with E-state index in [2.05, 4.69) is 5.32 Å². The van der Waals surface area contributed by atoms with Gasteiger partial charge in [-0.3, -0.25) is 4.79 Å². The number of hydrogen-bond acceptors (Lipinski definition) is 5. The van der Waals surface area contributed by atoms with Gasteiger partial charge in [0, 0.05) is 11.4 Å². The fourth-order valence-corrected chi connectivity index (χ4v) is 3.83. The molecule has 3 rings (SSSR count). The summed E-state index contributed by atoms with van der Waals surface area (Å²) in [6.07, 6.45) is 0. The number of benzene rings is 3. The van der Waals surface area contributed by atoms with Crippen molar-refractivity contribution in [3.8, 4) is 0 Å². The lowest BCUT2D eigenvalue weighted by Crippen LogP contribution is -2.16. The van der Waals surface area contributed by atoms with Crippen LogP contribution in [-0.4, -0.2) is 25.4 Å². The number of carboxylic acid groups (broad SMARTS) is 1. The number of amides is 1. The number of anilines is 2. The molecule has 0 aliphatic carbocycles. The Morgan fingerprint density at radius 3 is 1.82 bits per heavy atom. The highest BCUT2D eigenvalue weighted by Gasteiger charge is 2.19. The first-order valence-corrected chi connectivity index (χ1v) is 9.62. The average Bonchev–Trinajstić information content (AvgIpc) is 2.68. The van der Waals surface area contributed by atoms with E-state index in [1.807, 2.05) is 0 Å². The maximum Gasteiger partial charge on any atom is 0.336 e. The standard InChI is InChI=1S/C20H16N2O5S/c21-13-5-9-15(10-6-13)28(26,27)16-11-7-14(8-12-16)22-19(23)17-3-1-2-4-18(17)20(24)25/h1-12H,21H2,(H,22,23)(H,24,25). The summed E-state index contributed by atoms with van der Waals surface area (Å²) < 4.78 is 25.3. The molecular weight excluding hydrogens is 380 g/mol. The Morgan fingerprint density at radius 1 is 0.786 bits per heavy atom. The number of sulfone groups is 1. The predicted octanol–water partition coefficient (Wildman–Crippen LogP) is 3.05. The van der Waals surface area contributed by atoms with Crippen molar-refractivity contribution in [3.63, 3.8) is 0 Å². The van der Waals surface area contributed by atoms with Crippen molar-refractivity contribution in [3.05, 3.63) is 83.9 Å². The van der Waals surface area contributed by atoms with Crippen molar-refractivity contribution in [2.45, 2.75) is 9.79 Å². The maximum absolute atomic E-state index is 12.6. The van der Waals surface area contributed by atoms with Crippen LogP contribution < -0.4 is 11.1 Å². The highest BCUT2D eigenvalue weighted by atomic mass is 32.2. The van der Waals surface area contributed by atoms with Crippen LogP contribution in [0.4, 0.5) is 11.4 Å². The van der Waals surface area contributed by atoms with Crippen LogP contribution in [0.25, 0.3) is 0 Å². The Kier molecular flexibility index (Phi) is 5.14. The molecule has 0 aromatic heterocycles. The van der Waals surface area contributed by atoms with E-state index >= 15 is 0 Å². The van der Waals surface area contributed by atoms with E-state index in [9.17, 15) is 23.1 Å². The third kappa shape index (κ3) is 3.86. The van der Waals surface area contributed by atoms with Crippen molar-refractivity contribution in [1.29, 1.82) is 0 Å². The van der Waals surface area contributed by atoms with Gasteiger partial charge in [-0.2, -0.15) is 0 Å². The van der Waals surface area contributed by atoms with Crippen molar-refractivity contribution in [2.75, 3.05) is 11.1 Å². The molecule has 0 saturated heterocycles. The largest absolute Gasteiger partial charge is 0.478 e. The first-order chi connectivity index (χ1) is 13.3. The minimum Gasteiger partial charge on any atom is -0.478 e. The lowest BCUT2D eigenvalue weighted by molar-refractivity contribution is 0.0692. The average molecular weight is 396 g/mol. The van der Waals surface area contributed by atoms with E-state index in [0.29, 0.717) is 11.4 Å².